The Hall–Kier alpha value is -1.36. The highest BCUT2D eigenvalue weighted by Crippen LogP contribution is 2.19. The summed E-state index contributed by atoms with van der Waals surface area (Å²) in [6, 6.07) is 2.04. The molecule has 2 heterocycles. The van der Waals surface area contributed by atoms with E-state index in [1.54, 1.807) is 0 Å². The van der Waals surface area contributed by atoms with E-state index in [2.05, 4.69) is 39.2 Å². The van der Waals surface area contributed by atoms with Crippen molar-refractivity contribution in [2.45, 2.75) is 13.3 Å². The molecule has 1 aromatic rings. The van der Waals surface area contributed by atoms with E-state index in [4.69, 9.17) is 0 Å². The number of hydrogen-bond acceptors (Lipinski definition) is 5. The summed E-state index contributed by atoms with van der Waals surface area (Å²) >= 11 is 0. The molecule has 1 unspecified atom stereocenters. The number of nitrogens with zero attached hydrogens (tertiary/aromatic N) is 4. The first-order valence-electron chi connectivity index (χ1n) is 6.51. The minimum Gasteiger partial charge on any atom is -0.359 e. The number of hydrogen-bond donors (Lipinski definition) is 1. The van der Waals surface area contributed by atoms with Crippen LogP contribution in [0.1, 0.15) is 12.1 Å². The standard InChI is InChI=1S/C13H23N5/c1-10-7-12(16-13(14-2)15-10)18(4)9-11-5-6-17(3)8-11/h7,11H,5-6,8-9H2,1-4H3,(H,14,15,16). The summed E-state index contributed by atoms with van der Waals surface area (Å²) in [5.74, 6) is 2.44. The van der Waals surface area contributed by atoms with E-state index in [1.165, 1.54) is 19.5 Å². The zero-order chi connectivity index (χ0) is 13.1. The molecule has 5 nitrogen and oxygen atoms in total. The molecule has 2 rings (SSSR count). The van der Waals surface area contributed by atoms with E-state index in [-0.39, 0.29) is 0 Å². The molecule has 1 atom stereocenters. The molecule has 0 radical (unpaired) electrons. The number of aryl methyl sites for hydroxylation is 1. The lowest BCUT2D eigenvalue weighted by Crippen LogP contribution is -2.28. The largest absolute Gasteiger partial charge is 0.359 e. The van der Waals surface area contributed by atoms with Gasteiger partial charge in [-0.1, -0.05) is 0 Å². The van der Waals surface area contributed by atoms with Crippen molar-refractivity contribution in [3.8, 4) is 0 Å². The first-order chi connectivity index (χ1) is 8.58. The molecule has 1 aliphatic heterocycles. The minimum absolute atomic E-state index is 0.695. The third-order valence-corrected chi connectivity index (χ3v) is 3.48. The van der Waals surface area contributed by atoms with Gasteiger partial charge in [-0.25, -0.2) is 4.98 Å². The molecular weight excluding hydrogens is 226 g/mol. The van der Waals surface area contributed by atoms with E-state index in [1.807, 2.05) is 20.0 Å². The molecule has 5 heteroatoms. The molecule has 1 aliphatic rings. The van der Waals surface area contributed by atoms with Crippen LogP contribution in [0.15, 0.2) is 6.07 Å². The zero-order valence-corrected chi connectivity index (χ0v) is 11.8. The van der Waals surface area contributed by atoms with Gasteiger partial charge in [0.15, 0.2) is 0 Å². The van der Waals surface area contributed by atoms with Crippen LogP contribution < -0.4 is 10.2 Å². The lowest BCUT2D eigenvalue weighted by molar-refractivity contribution is 0.395. The van der Waals surface area contributed by atoms with Gasteiger partial charge < -0.3 is 15.1 Å². The van der Waals surface area contributed by atoms with Crippen LogP contribution >= 0.6 is 0 Å². The van der Waals surface area contributed by atoms with Gasteiger partial charge in [0, 0.05) is 38.9 Å². The molecular formula is C13H23N5. The van der Waals surface area contributed by atoms with E-state index in [0.29, 0.717) is 5.95 Å². The van der Waals surface area contributed by atoms with Crippen molar-refractivity contribution in [2.75, 3.05) is 51.0 Å². The fourth-order valence-corrected chi connectivity index (χ4v) is 2.52. The van der Waals surface area contributed by atoms with Gasteiger partial charge >= 0.3 is 0 Å². The fraction of sp³-hybridized carbons (Fsp3) is 0.692. The fourth-order valence-electron chi connectivity index (χ4n) is 2.52. The highest BCUT2D eigenvalue weighted by molar-refractivity contribution is 5.43. The number of nitrogens with one attached hydrogen (secondary N) is 1. The van der Waals surface area contributed by atoms with Gasteiger partial charge in [0.2, 0.25) is 5.95 Å². The van der Waals surface area contributed by atoms with Crippen LogP contribution in [0.25, 0.3) is 0 Å². The molecule has 0 amide bonds. The molecule has 0 aliphatic carbocycles. The first kappa shape index (κ1) is 13.1. The van der Waals surface area contributed by atoms with Gasteiger partial charge in [-0.3, -0.25) is 0 Å². The topological polar surface area (TPSA) is 44.3 Å². The summed E-state index contributed by atoms with van der Waals surface area (Å²) < 4.78 is 0. The Bertz CT molecular complexity index is 406. The van der Waals surface area contributed by atoms with Crippen LogP contribution in [0.5, 0.6) is 0 Å². The van der Waals surface area contributed by atoms with Gasteiger partial charge in [-0.15, -0.1) is 0 Å². The summed E-state index contributed by atoms with van der Waals surface area (Å²) in [6.07, 6.45) is 1.28. The Morgan fingerprint density at radius 3 is 2.89 bits per heavy atom. The average molecular weight is 249 g/mol. The minimum atomic E-state index is 0.695. The number of rotatable bonds is 4. The van der Waals surface area contributed by atoms with E-state index >= 15 is 0 Å². The lowest BCUT2D eigenvalue weighted by Gasteiger charge is -2.22. The molecule has 18 heavy (non-hydrogen) atoms. The normalized spacial score (nSPS) is 20.1. The third kappa shape index (κ3) is 3.10. The maximum Gasteiger partial charge on any atom is 0.224 e. The zero-order valence-electron chi connectivity index (χ0n) is 11.8. The molecule has 100 valence electrons. The van der Waals surface area contributed by atoms with Crippen LogP contribution in [0.2, 0.25) is 0 Å². The van der Waals surface area contributed by atoms with Crippen LogP contribution in [-0.4, -0.2) is 55.6 Å². The second kappa shape index (κ2) is 5.52. The van der Waals surface area contributed by atoms with Crippen LogP contribution in [0.3, 0.4) is 0 Å². The van der Waals surface area contributed by atoms with Crippen LogP contribution in [-0.2, 0) is 0 Å². The van der Waals surface area contributed by atoms with Crippen molar-refractivity contribution in [3.63, 3.8) is 0 Å². The van der Waals surface area contributed by atoms with E-state index < -0.39 is 0 Å². The first-order valence-corrected chi connectivity index (χ1v) is 6.51. The van der Waals surface area contributed by atoms with Gasteiger partial charge in [-0.2, -0.15) is 4.98 Å². The Morgan fingerprint density at radius 2 is 2.28 bits per heavy atom. The van der Waals surface area contributed by atoms with Gasteiger partial charge in [0.25, 0.3) is 0 Å². The summed E-state index contributed by atoms with van der Waals surface area (Å²) in [7, 11) is 6.15. The molecule has 0 aromatic carbocycles. The monoisotopic (exact) mass is 249 g/mol. The van der Waals surface area contributed by atoms with Gasteiger partial charge in [0.1, 0.15) is 5.82 Å². The average Bonchev–Trinajstić information content (AvgIpc) is 2.73. The van der Waals surface area contributed by atoms with Crippen molar-refractivity contribution in [3.05, 3.63) is 11.8 Å². The maximum atomic E-state index is 4.50. The summed E-state index contributed by atoms with van der Waals surface area (Å²) in [6.45, 7) is 5.46. The molecule has 0 bridgehead atoms. The predicted molar refractivity (Wildman–Crippen MR) is 75.2 cm³/mol. The lowest BCUT2D eigenvalue weighted by atomic mass is 10.1. The Labute approximate surface area is 109 Å². The quantitative estimate of drug-likeness (QED) is 0.869. The molecule has 0 spiro atoms. The van der Waals surface area contributed by atoms with Crippen molar-refractivity contribution in [1.82, 2.24) is 14.9 Å². The summed E-state index contributed by atoms with van der Waals surface area (Å²) in [5.41, 5.74) is 1.000. The SMILES string of the molecule is CNc1nc(C)cc(N(C)CC2CCN(C)C2)n1. The van der Waals surface area contributed by atoms with Crippen molar-refractivity contribution < 1.29 is 0 Å². The molecule has 1 N–H and O–H groups in total. The molecule has 0 saturated carbocycles. The molecule has 1 fully saturated rings. The van der Waals surface area contributed by atoms with Crippen LogP contribution in [0.4, 0.5) is 11.8 Å². The van der Waals surface area contributed by atoms with Gasteiger partial charge in [0.05, 0.1) is 0 Å². The Balaban J connectivity index is 2.03. The van der Waals surface area contributed by atoms with Crippen molar-refractivity contribution >= 4 is 11.8 Å². The van der Waals surface area contributed by atoms with E-state index in [9.17, 15) is 0 Å². The summed E-state index contributed by atoms with van der Waals surface area (Å²) in [4.78, 5) is 13.5. The Morgan fingerprint density at radius 1 is 1.50 bits per heavy atom. The predicted octanol–water partition coefficient (Wildman–Crippen LogP) is 1.21. The maximum absolute atomic E-state index is 4.50. The number of aromatic nitrogens is 2. The summed E-state index contributed by atoms with van der Waals surface area (Å²) in [5, 5.41) is 3.01. The smallest absolute Gasteiger partial charge is 0.224 e. The van der Waals surface area contributed by atoms with Crippen LogP contribution in [0, 0.1) is 12.8 Å². The highest BCUT2D eigenvalue weighted by Gasteiger charge is 2.21. The van der Waals surface area contributed by atoms with Gasteiger partial charge in [-0.05, 0) is 32.9 Å². The number of anilines is 2. The Kier molecular flexibility index (Phi) is 4.01. The molecule has 1 saturated heterocycles. The second-order valence-electron chi connectivity index (χ2n) is 5.24. The molecule has 1 aromatic heterocycles. The van der Waals surface area contributed by atoms with Crippen molar-refractivity contribution in [1.29, 1.82) is 0 Å². The second-order valence-corrected chi connectivity index (χ2v) is 5.24. The highest BCUT2D eigenvalue weighted by atomic mass is 15.2. The third-order valence-electron chi connectivity index (χ3n) is 3.48. The van der Waals surface area contributed by atoms with Crippen molar-refractivity contribution in [2.24, 2.45) is 5.92 Å². The van der Waals surface area contributed by atoms with E-state index in [0.717, 1.165) is 24.0 Å². The number of likely N-dealkylation sites (tertiary alicyclic amines) is 1.